The molecule has 0 saturated carbocycles. The fraction of sp³-hybridized carbons (Fsp3) is 0.480. The first kappa shape index (κ1) is 24.3. The number of hydrogen-bond donors (Lipinski definition) is 1. The van der Waals surface area contributed by atoms with Crippen LogP contribution >= 0.6 is 0 Å². The zero-order valence-corrected chi connectivity index (χ0v) is 20.2. The van der Waals surface area contributed by atoms with Crippen molar-refractivity contribution in [2.24, 2.45) is 5.92 Å². The van der Waals surface area contributed by atoms with Gasteiger partial charge in [-0.15, -0.1) is 0 Å². The molecule has 0 bridgehead atoms. The third kappa shape index (κ3) is 6.33. The van der Waals surface area contributed by atoms with Crippen LogP contribution in [-0.4, -0.2) is 51.9 Å². The van der Waals surface area contributed by atoms with Crippen LogP contribution in [0.5, 0.6) is 0 Å². The quantitative estimate of drug-likeness (QED) is 0.583. The first-order valence-corrected chi connectivity index (χ1v) is 12.9. The Balaban J connectivity index is 1.66. The number of anilines is 1. The Kier molecular flexibility index (Phi) is 8.32. The molecule has 0 aliphatic carbocycles. The molecular formula is C25H35N3O3S. The second-order valence-corrected chi connectivity index (χ2v) is 10.7. The zero-order valence-electron chi connectivity index (χ0n) is 19.4. The summed E-state index contributed by atoms with van der Waals surface area (Å²) in [5.41, 5.74) is 2.55. The lowest BCUT2D eigenvalue weighted by atomic mass is 9.99. The number of carbonyl (C=O) groups is 1. The summed E-state index contributed by atoms with van der Waals surface area (Å²) in [6, 6.07) is 13.7. The summed E-state index contributed by atoms with van der Waals surface area (Å²) < 4.78 is 27.9. The molecule has 1 aliphatic heterocycles. The number of likely N-dealkylation sites (tertiary alicyclic amines) is 1. The van der Waals surface area contributed by atoms with Gasteiger partial charge < -0.3 is 10.2 Å². The second-order valence-electron chi connectivity index (χ2n) is 8.82. The molecule has 174 valence electrons. The SMILES string of the molecule is Cc1ccc(N(CC(=O)NCCCN2CCC(C)CC2)S(=O)(=O)c2ccccc2)cc1C. The van der Waals surface area contributed by atoms with Gasteiger partial charge in [-0.3, -0.25) is 9.10 Å². The average Bonchev–Trinajstić information content (AvgIpc) is 2.79. The summed E-state index contributed by atoms with van der Waals surface area (Å²) in [6.45, 7) is 9.69. The van der Waals surface area contributed by atoms with Crippen molar-refractivity contribution >= 4 is 21.6 Å². The molecule has 1 saturated heterocycles. The number of benzene rings is 2. The van der Waals surface area contributed by atoms with E-state index in [1.54, 1.807) is 36.4 Å². The Morgan fingerprint density at radius 3 is 2.41 bits per heavy atom. The monoisotopic (exact) mass is 457 g/mol. The van der Waals surface area contributed by atoms with E-state index in [2.05, 4.69) is 17.1 Å². The Morgan fingerprint density at radius 2 is 1.75 bits per heavy atom. The summed E-state index contributed by atoms with van der Waals surface area (Å²) in [6.07, 6.45) is 3.32. The highest BCUT2D eigenvalue weighted by Crippen LogP contribution is 2.25. The molecule has 2 aromatic rings. The van der Waals surface area contributed by atoms with Gasteiger partial charge in [0.25, 0.3) is 10.0 Å². The molecule has 1 amide bonds. The molecular weight excluding hydrogens is 422 g/mol. The number of piperidine rings is 1. The highest BCUT2D eigenvalue weighted by Gasteiger charge is 2.27. The van der Waals surface area contributed by atoms with Gasteiger partial charge in [-0.25, -0.2) is 8.42 Å². The van der Waals surface area contributed by atoms with E-state index < -0.39 is 10.0 Å². The van der Waals surface area contributed by atoms with Crippen molar-refractivity contribution in [1.29, 1.82) is 0 Å². The maximum Gasteiger partial charge on any atom is 0.264 e. The van der Waals surface area contributed by atoms with Crippen molar-refractivity contribution in [3.05, 3.63) is 59.7 Å². The van der Waals surface area contributed by atoms with Crippen LogP contribution in [0.25, 0.3) is 0 Å². The number of carbonyl (C=O) groups excluding carboxylic acids is 1. The van der Waals surface area contributed by atoms with Crippen LogP contribution in [0, 0.1) is 19.8 Å². The van der Waals surface area contributed by atoms with Gasteiger partial charge in [0.15, 0.2) is 0 Å². The van der Waals surface area contributed by atoms with Crippen LogP contribution in [0.3, 0.4) is 0 Å². The van der Waals surface area contributed by atoms with Gasteiger partial charge >= 0.3 is 0 Å². The highest BCUT2D eigenvalue weighted by molar-refractivity contribution is 7.92. The minimum atomic E-state index is -3.87. The summed E-state index contributed by atoms with van der Waals surface area (Å²) in [5.74, 6) is 0.504. The number of hydrogen-bond acceptors (Lipinski definition) is 4. The van der Waals surface area contributed by atoms with Crippen LogP contribution in [0.1, 0.15) is 37.3 Å². The van der Waals surface area contributed by atoms with Crippen molar-refractivity contribution in [3.8, 4) is 0 Å². The molecule has 0 aromatic heterocycles. The smallest absolute Gasteiger partial charge is 0.264 e. The summed E-state index contributed by atoms with van der Waals surface area (Å²) in [4.78, 5) is 15.3. The van der Waals surface area contributed by atoms with Crippen LogP contribution < -0.4 is 9.62 Å². The van der Waals surface area contributed by atoms with Gasteiger partial charge in [0, 0.05) is 6.54 Å². The number of rotatable bonds is 9. The molecule has 1 aliphatic rings. The zero-order chi connectivity index (χ0) is 23.1. The molecule has 2 aromatic carbocycles. The summed E-state index contributed by atoms with van der Waals surface area (Å²) in [5, 5.41) is 2.91. The number of amides is 1. The number of nitrogens with zero attached hydrogens (tertiary/aromatic N) is 2. The predicted octanol–water partition coefficient (Wildman–Crippen LogP) is 3.74. The first-order chi connectivity index (χ1) is 15.3. The van der Waals surface area contributed by atoms with Crippen molar-refractivity contribution in [2.75, 3.05) is 37.0 Å². The van der Waals surface area contributed by atoms with E-state index in [-0.39, 0.29) is 17.3 Å². The minimum absolute atomic E-state index is 0.172. The Bertz CT molecular complexity index is 1000. The van der Waals surface area contributed by atoms with Gasteiger partial charge in [-0.1, -0.05) is 31.2 Å². The first-order valence-electron chi connectivity index (χ1n) is 11.4. The molecule has 1 heterocycles. The Hall–Kier alpha value is -2.38. The standard InChI is InChI=1S/C25H35N3O3S/c1-20-12-16-27(17-13-20)15-7-14-26-25(29)19-28(23-11-10-21(2)22(3)18-23)32(30,31)24-8-5-4-6-9-24/h4-6,8-11,18,20H,7,12-17,19H2,1-3H3,(H,26,29). The lowest BCUT2D eigenvalue weighted by molar-refractivity contribution is -0.119. The Morgan fingerprint density at radius 1 is 1.06 bits per heavy atom. The van der Waals surface area contributed by atoms with E-state index in [1.807, 2.05) is 26.0 Å². The Labute approximate surface area is 192 Å². The largest absolute Gasteiger partial charge is 0.354 e. The maximum absolute atomic E-state index is 13.4. The van der Waals surface area contributed by atoms with Gasteiger partial charge in [0.05, 0.1) is 10.6 Å². The molecule has 0 unspecified atom stereocenters. The molecule has 0 spiro atoms. The maximum atomic E-state index is 13.4. The van der Waals surface area contributed by atoms with Crippen molar-refractivity contribution in [2.45, 2.75) is 44.9 Å². The number of sulfonamides is 1. The molecule has 32 heavy (non-hydrogen) atoms. The molecule has 0 atom stereocenters. The van der Waals surface area contributed by atoms with E-state index in [4.69, 9.17) is 0 Å². The number of nitrogens with one attached hydrogen (secondary N) is 1. The van der Waals surface area contributed by atoms with Gasteiger partial charge in [0.1, 0.15) is 6.54 Å². The van der Waals surface area contributed by atoms with Crippen molar-refractivity contribution in [3.63, 3.8) is 0 Å². The van der Waals surface area contributed by atoms with Gasteiger partial charge in [-0.2, -0.15) is 0 Å². The highest BCUT2D eigenvalue weighted by atomic mass is 32.2. The molecule has 1 fully saturated rings. The fourth-order valence-corrected chi connectivity index (χ4v) is 5.35. The topological polar surface area (TPSA) is 69.7 Å². The van der Waals surface area contributed by atoms with E-state index in [0.717, 1.165) is 43.1 Å². The van der Waals surface area contributed by atoms with Crippen molar-refractivity contribution < 1.29 is 13.2 Å². The molecule has 7 heteroatoms. The van der Waals surface area contributed by atoms with E-state index in [0.29, 0.717) is 12.2 Å². The second kappa shape index (κ2) is 11.0. The summed E-state index contributed by atoms with van der Waals surface area (Å²) in [7, 11) is -3.87. The predicted molar refractivity (Wildman–Crippen MR) is 129 cm³/mol. The fourth-order valence-electron chi connectivity index (χ4n) is 3.92. The van der Waals surface area contributed by atoms with Crippen molar-refractivity contribution in [1.82, 2.24) is 10.2 Å². The lowest BCUT2D eigenvalue weighted by Gasteiger charge is -2.30. The molecule has 6 nitrogen and oxygen atoms in total. The number of aryl methyl sites for hydroxylation is 2. The van der Waals surface area contributed by atoms with E-state index >= 15 is 0 Å². The van der Waals surface area contributed by atoms with Gasteiger partial charge in [-0.05, 0) is 94.1 Å². The van der Waals surface area contributed by atoms with Crippen LogP contribution in [0.2, 0.25) is 0 Å². The molecule has 0 radical (unpaired) electrons. The van der Waals surface area contributed by atoms with E-state index in [1.165, 1.54) is 17.1 Å². The van der Waals surface area contributed by atoms with Crippen LogP contribution in [0.15, 0.2) is 53.4 Å². The third-order valence-corrected chi connectivity index (χ3v) is 8.03. The molecule has 1 N–H and O–H groups in total. The lowest BCUT2D eigenvalue weighted by Crippen LogP contribution is -2.42. The van der Waals surface area contributed by atoms with Gasteiger partial charge in [0.2, 0.25) is 5.91 Å². The minimum Gasteiger partial charge on any atom is -0.354 e. The third-order valence-electron chi connectivity index (χ3n) is 6.25. The van der Waals surface area contributed by atoms with Crippen LogP contribution in [0.4, 0.5) is 5.69 Å². The van der Waals surface area contributed by atoms with E-state index in [9.17, 15) is 13.2 Å². The average molecular weight is 458 g/mol. The summed E-state index contributed by atoms with van der Waals surface area (Å²) >= 11 is 0. The normalized spacial score (nSPS) is 15.5. The van der Waals surface area contributed by atoms with Crippen LogP contribution in [-0.2, 0) is 14.8 Å². The molecule has 3 rings (SSSR count).